The molecule has 0 unspecified atom stereocenters. The van der Waals surface area contributed by atoms with E-state index in [1.165, 1.54) is 18.2 Å². The topological polar surface area (TPSA) is 84.5 Å². The van der Waals surface area contributed by atoms with Crippen LogP contribution in [0, 0.1) is 0 Å². The van der Waals surface area contributed by atoms with Crippen molar-refractivity contribution in [3.8, 4) is 5.75 Å². The summed E-state index contributed by atoms with van der Waals surface area (Å²) in [7, 11) is -3.79. The molecule has 0 saturated carbocycles. The van der Waals surface area contributed by atoms with E-state index < -0.39 is 15.9 Å². The van der Waals surface area contributed by atoms with Crippen molar-refractivity contribution in [3.05, 3.63) is 88.9 Å². The van der Waals surface area contributed by atoms with Gasteiger partial charge in [-0.25, -0.2) is 13.1 Å². The number of ether oxygens (including phenoxy) is 1. The molecule has 0 fully saturated rings. The molecule has 0 radical (unpaired) electrons. The molecule has 3 aromatic rings. The summed E-state index contributed by atoms with van der Waals surface area (Å²) in [4.78, 5) is 12.6. The van der Waals surface area contributed by atoms with Gasteiger partial charge in [0.2, 0.25) is 10.0 Å². The number of benzene rings is 3. The first-order valence-corrected chi connectivity index (χ1v) is 11.1. The fraction of sp³-hybridized carbons (Fsp3) is 0.136. The first-order valence-electron chi connectivity index (χ1n) is 9.26. The molecule has 0 aliphatic carbocycles. The van der Waals surface area contributed by atoms with Gasteiger partial charge in [-0.2, -0.15) is 0 Å². The molecule has 2 N–H and O–H groups in total. The Morgan fingerprint density at radius 2 is 1.70 bits per heavy atom. The molecule has 0 heterocycles. The molecule has 0 bridgehead atoms. The van der Waals surface area contributed by atoms with Crippen molar-refractivity contribution >= 4 is 33.2 Å². The van der Waals surface area contributed by atoms with Crippen molar-refractivity contribution in [2.24, 2.45) is 0 Å². The summed E-state index contributed by atoms with van der Waals surface area (Å²) in [5.74, 6) is -0.0266. The Labute approximate surface area is 180 Å². The molecular weight excluding hydrogens is 424 g/mol. The predicted molar refractivity (Wildman–Crippen MR) is 117 cm³/mol. The van der Waals surface area contributed by atoms with Gasteiger partial charge in [0.1, 0.15) is 5.75 Å². The van der Waals surface area contributed by atoms with Gasteiger partial charge in [-0.3, -0.25) is 4.79 Å². The molecular formula is C22H21ClN2O4S. The van der Waals surface area contributed by atoms with Crippen LogP contribution in [0.1, 0.15) is 22.8 Å². The first-order chi connectivity index (χ1) is 14.4. The van der Waals surface area contributed by atoms with Gasteiger partial charge in [0.05, 0.1) is 17.2 Å². The molecule has 8 heteroatoms. The normalized spacial score (nSPS) is 11.1. The zero-order valence-corrected chi connectivity index (χ0v) is 17.8. The Bertz CT molecular complexity index is 1120. The van der Waals surface area contributed by atoms with Crippen LogP contribution >= 0.6 is 11.6 Å². The molecule has 1 amide bonds. The standard InChI is InChI=1S/C22H21ClN2O4S/c1-2-29-21-13-12-19(30(27,28)24-15-16-6-4-3-5-7-16)14-20(21)25-22(26)17-8-10-18(23)11-9-17/h3-14,24H,2,15H2,1H3,(H,25,26). The second-order valence-electron chi connectivity index (χ2n) is 6.36. The molecule has 0 aromatic heterocycles. The minimum absolute atomic E-state index is 0.0216. The number of sulfonamides is 1. The van der Waals surface area contributed by atoms with E-state index in [2.05, 4.69) is 10.0 Å². The molecule has 3 aromatic carbocycles. The molecule has 0 atom stereocenters. The van der Waals surface area contributed by atoms with Gasteiger partial charge in [0.25, 0.3) is 5.91 Å². The highest BCUT2D eigenvalue weighted by Gasteiger charge is 2.18. The van der Waals surface area contributed by atoms with Gasteiger partial charge < -0.3 is 10.1 Å². The number of carbonyl (C=O) groups is 1. The second kappa shape index (κ2) is 9.75. The van der Waals surface area contributed by atoms with Crippen LogP contribution in [0.2, 0.25) is 5.02 Å². The lowest BCUT2D eigenvalue weighted by atomic mass is 10.2. The fourth-order valence-electron chi connectivity index (χ4n) is 2.71. The summed E-state index contributed by atoms with van der Waals surface area (Å²) in [5.41, 5.74) is 1.49. The van der Waals surface area contributed by atoms with E-state index in [1.54, 1.807) is 31.2 Å². The maximum atomic E-state index is 12.7. The Hall–Kier alpha value is -2.87. The van der Waals surface area contributed by atoms with Gasteiger partial charge in [-0.15, -0.1) is 0 Å². The third-order valence-electron chi connectivity index (χ3n) is 4.22. The molecule has 30 heavy (non-hydrogen) atoms. The quantitative estimate of drug-likeness (QED) is 0.536. The molecule has 3 rings (SSSR count). The van der Waals surface area contributed by atoms with Crippen molar-refractivity contribution < 1.29 is 17.9 Å². The number of amides is 1. The predicted octanol–water partition coefficient (Wildman–Crippen LogP) is 4.47. The molecule has 156 valence electrons. The number of halogens is 1. The van der Waals surface area contributed by atoms with E-state index in [9.17, 15) is 13.2 Å². The minimum Gasteiger partial charge on any atom is -0.492 e. The third kappa shape index (κ3) is 5.60. The summed E-state index contributed by atoms with van der Waals surface area (Å²) in [6, 6.07) is 19.9. The number of hydrogen-bond acceptors (Lipinski definition) is 4. The lowest BCUT2D eigenvalue weighted by Crippen LogP contribution is -2.23. The van der Waals surface area contributed by atoms with Crippen LogP contribution in [0.15, 0.2) is 77.7 Å². The zero-order chi connectivity index (χ0) is 21.6. The summed E-state index contributed by atoms with van der Waals surface area (Å²) in [6.45, 7) is 2.32. The maximum Gasteiger partial charge on any atom is 0.255 e. The van der Waals surface area contributed by atoms with Crippen LogP contribution in [0.4, 0.5) is 5.69 Å². The number of carbonyl (C=O) groups excluding carboxylic acids is 1. The van der Waals surface area contributed by atoms with E-state index in [-0.39, 0.29) is 17.1 Å². The van der Waals surface area contributed by atoms with Crippen molar-refractivity contribution in [3.63, 3.8) is 0 Å². The van der Waals surface area contributed by atoms with Crippen LogP contribution < -0.4 is 14.8 Å². The van der Waals surface area contributed by atoms with Crippen molar-refractivity contribution in [1.82, 2.24) is 4.72 Å². The number of nitrogens with one attached hydrogen (secondary N) is 2. The summed E-state index contributed by atoms with van der Waals surface area (Å²) in [5, 5.41) is 3.23. The Balaban J connectivity index is 1.84. The molecule has 0 aliphatic rings. The monoisotopic (exact) mass is 444 g/mol. The largest absolute Gasteiger partial charge is 0.492 e. The molecule has 0 saturated heterocycles. The van der Waals surface area contributed by atoms with Crippen molar-refractivity contribution in [2.45, 2.75) is 18.4 Å². The highest BCUT2D eigenvalue weighted by molar-refractivity contribution is 7.89. The minimum atomic E-state index is -3.79. The average molecular weight is 445 g/mol. The van der Waals surface area contributed by atoms with Crippen molar-refractivity contribution in [2.75, 3.05) is 11.9 Å². The Kier molecular flexibility index (Phi) is 7.10. The van der Waals surface area contributed by atoms with Crippen molar-refractivity contribution in [1.29, 1.82) is 0 Å². The number of rotatable bonds is 8. The third-order valence-corrected chi connectivity index (χ3v) is 5.88. The van der Waals surface area contributed by atoms with Gasteiger partial charge in [0, 0.05) is 17.1 Å². The van der Waals surface area contributed by atoms with Crippen LogP contribution in [0.3, 0.4) is 0 Å². The van der Waals surface area contributed by atoms with E-state index in [4.69, 9.17) is 16.3 Å². The summed E-state index contributed by atoms with van der Waals surface area (Å²) < 4.78 is 33.6. The van der Waals surface area contributed by atoms with E-state index in [0.29, 0.717) is 22.9 Å². The fourth-order valence-corrected chi connectivity index (χ4v) is 3.88. The SMILES string of the molecule is CCOc1ccc(S(=O)(=O)NCc2ccccc2)cc1NC(=O)c1ccc(Cl)cc1. The lowest BCUT2D eigenvalue weighted by molar-refractivity contribution is 0.102. The molecule has 0 spiro atoms. The van der Waals surface area contributed by atoms with E-state index in [0.717, 1.165) is 5.56 Å². The molecule has 0 aliphatic heterocycles. The van der Waals surface area contributed by atoms with Gasteiger partial charge in [-0.1, -0.05) is 41.9 Å². The smallest absolute Gasteiger partial charge is 0.255 e. The maximum absolute atomic E-state index is 12.7. The van der Waals surface area contributed by atoms with Crippen LogP contribution in [-0.2, 0) is 16.6 Å². The van der Waals surface area contributed by atoms with Crippen LogP contribution in [0.25, 0.3) is 0 Å². The first kappa shape index (κ1) is 21.8. The van der Waals surface area contributed by atoms with Crippen LogP contribution in [-0.4, -0.2) is 20.9 Å². The van der Waals surface area contributed by atoms with Crippen LogP contribution in [0.5, 0.6) is 5.75 Å². The van der Waals surface area contributed by atoms with Gasteiger partial charge in [0.15, 0.2) is 0 Å². The zero-order valence-electron chi connectivity index (χ0n) is 16.3. The lowest BCUT2D eigenvalue weighted by Gasteiger charge is -2.14. The Morgan fingerprint density at radius 1 is 1.00 bits per heavy atom. The number of anilines is 1. The highest BCUT2D eigenvalue weighted by atomic mass is 35.5. The Morgan fingerprint density at radius 3 is 2.37 bits per heavy atom. The summed E-state index contributed by atoms with van der Waals surface area (Å²) >= 11 is 5.86. The highest BCUT2D eigenvalue weighted by Crippen LogP contribution is 2.28. The molecule has 6 nitrogen and oxygen atoms in total. The van der Waals surface area contributed by atoms with E-state index in [1.807, 2.05) is 30.3 Å². The summed E-state index contributed by atoms with van der Waals surface area (Å²) in [6.07, 6.45) is 0. The van der Waals surface area contributed by atoms with E-state index >= 15 is 0 Å². The second-order valence-corrected chi connectivity index (χ2v) is 8.57. The van der Waals surface area contributed by atoms with Gasteiger partial charge >= 0.3 is 0 Å². The van der Waals surface area contributed by atoms with Gasteiger partial charge in [-0.05, 0) is 55.0 Å². The number of hydrogen-bond donors (Lipinski definition) is 2. The average Bonchev–Trinajstić information content (AvgIpc) is 2.75.